The fourth-order valence-electron chi connectivity index (χ4n) is 1.09. The summed E-state index contributed by atoms with van der Waals surface area (Å²) in [7, 11) is 0. The van der Waals surface area contributed by atoms with Crippen molar-refractivity contribution in [2.45, 2.75) is 34.6 Å². The minimum absolute atomic E-state index is 0.130. The number of nitrogens with one attached hydrogen (secondary N) is 1. The van der Waals surface area contributed by atoms with E-state index in [1.54, 1.807) is 6.07 Å². The maximum atomic E-state index is 8.75. The lowest BCUT2D eigenvalue weighted by molar-refractivity contribution is 0.148. The highest BCUT2D eigenvalue weighted by Gasteiger charge is 2.32. The molecule has 0 saturated carbocycles. The quantitative estimate of drug-likeness (QED) is 0.870. The first kappa shape index (κ1) is 13.4. The molecular weight excluding hydrogens is 212 g/mol. The zero-order chi connectivity index (χ0) is 13.1. The van der Waals surface area contributed by atoms with Gasteiger partial charge in [-0.25, -0.2) is 9.97 Å². The molecule has 4 heteroatoms. The zero-order valence-electron chi connectivity index (χ0n) is 11.2. The van der Waals surface area contributed by atoms with Crippen molar-refractivity contribution in [1.29, 1.82) is 5.26 Å². The van der Waals surface area contributed by atoms with Crippen LogP contribution in [0, 0.1) is 22.2 Å². The van der Waals surface area contributed by atoms with Gasteiger partial charge in [0.2, 0.25) is 0 Å². The van der Waals surface area contributed by atoms with Gasteiger partial charge in [0.05, 0.1) is 0 Å². The number of nitriles is 1. The number of hydrogen-bond donors (Lipinski definition) is 1. The average Bonchev–Trinajstić information content (AvgIpc) is 2.25. The van der Waals surface area contributed by atoms with Crippen LogP contribution in [-0.2, 0) is 0 Å². The van der Waals surface area contributed by atoms with Gasteiger partial charge in [-0.05, 0) is 10.8 Å². The Bertz CT molecular complexity index is 424. The van der Waals surface area contributed by atoms with E-state index in [4.69, 9.17) is 5.26 Å². The van der Waals surface area contributed by atoms with E-state index in [0.717, 1.165) is 6.54 Å². The Morgan fingerprint density at radius 1 is 1.24 bits per heavy atom. The lowest BCUT2D eigenvalue weighted by atomic mass is 9.69. The molecule has 0 aliphatic carbocycles. The van der Waals surface area contributed by atoms with Gasteiger partial charge in [0.25, 0.3) is 0 Å². The van der Waals surface area contributed by atoms with Gasteiger partial charge in [0, 0.05) is 12.6 Å². The maximum absolute atomic E-state index is 8.75. The topological polar surface area (TPSA) is 61.6 Å². The van der Waals surface area contributed by atoms with Gasteiger partial charge in [-0.2, -0.15) is 5.26 Å². The summed E-state index contributed by atoms with van der Waals surface area (Å²) in [5.41, 5.74) is 0.714. The number of anilines is 1. The average molecular weight is 232 g/mol. The van der Waals surface area contributed by atoms with Gasteiger partial charge in [-0.15, -0.1) is 0 Å². The van der Waals surface area contributed by atoms with E-state index in [9.17, 15) is 0 Å². The van der Waals surface area contributed by atoms with E-state index in [1.165, 1.54) is 6.33 Å². The van der Waals surface area contributed by atoms with E-state index in [1.807, 2.05) is 6.07 Å². The Morgan fingerprint density at radius 2 is 1.88 bits per heavy atom. The number of rotatable bonds is 3. The molecular formula is C13H20N4. The predicted molar refractivity (Wildman–Crippen MR) is 68.5 cm³/mol. The van der Waals surface area contributed by atoms with Crippen molar-refractivity contribution in [2.75, 3.05) is 11.9 Å². The van der Waals surface area contributed by atoms with E-state index in [-0.39, 0.29) is 10.8 Å². The Morgan fingerprint density at radius 3 is 2.41 bits per heavy atom. The molecule has 1 rings (SSSR count). The third-order valence-corrected chi connectivity index (χ3v) is 3.52. The van der Waals surface area contributed by atoms with Crippen LogP contribution in [0.1, 0.15) is 40.3 Å². The molecule has 0 aromatic carbocycles. The molecule has 0 radical (unpaired) electrons. The van der Waals surface area contributed by atoms with Crippen LogP contribution in [0.2, 0.25) is 0 Å². The molecule has 0 saturated heterocycles. The van der Waals surface area contributed by atoms with Crippen LogP contribution in [0.4, 0.5) is 5.82 Å². The van der Waals surface area contributed by atoms with Crippen LogP contribution in [0.15, 0.2) is 12.4 Å². The van der Waals surface area contributed by atoms with Crippen molar-refractivity contribution >= 4 is 5.82 Å². The normalized spacial score (nSPS) is 12.0. The highest BCUT2D eigenvalue weighted by atomic mass is 15.0. The van der Waals surface area contributed by atoms with Crippen LogP contribution in [0.5, 0.6) is 0 Å². The molecule has 0 bridgehead atoms. The fourth-order valence-corrected chi connectivity index (χ4v) is 1.09. The smallest absolute Gasteiger partial charge is 0.145 e. The molecule has 17 heavy (non-hydrogen) atoms. The number of aromatic nitrogens is 2. The molecule has 92 valence electrons. The Balaban J connectivity index is 2.71. The van der Waals surface area contributed by atoms with Crippen LogP contribution in [0.25, 0.3) is 0 Å². The van der Waals surface area contributed by atoms with Gasteiger partial charge in [0.1, 0.15) is 23.9 Å². The van der Waals surface area contributed by atoms with E-state index in [0.29, 0.717) is 11.5 Å². The van der Waals surface area contributed by atoms with Crippen LogP contribution in [0.3, 0.4) is 0 Å². The lowest BCUT2D eigenvalue weighted by Crippen LogP contribution is -2.36. The van der Waals surface area contributed by atoms with Gasteiger partial charge >= 0.3 is 0 Å². The second kappa shape index (κ2) is 4.70. The van der Waals surface area contributed by atoms with Crippen LogP contribution < -0.4 is 5.32 Å². The minimum Gasteiger partial charge on any atom is -0.369 e. The first-order valence-corrected chi connectivity index (χ1v) is 5.72. The molecule has 0 atom stereocenters. The van der Waals surface area contributed by atoms with Crippen molar-refractivity contribution in [3.63, 3.8) is 0 Å². The first-order valence-electron chi connectivity index (χ1n) is 5.72. The monoisotopic (exact) mass is 232 g/mol. The van der Waals surface area contributed by atoms with Crippen molar-refractivity contribution in [2.24, 2.45) is 10.8 Å². The van der Waals surface area contributed by atoms with Crippen LogP contribution >= 0.6 is 0 Å². The lowest BCUT2D eigenvalue weighted by Gasteiger charge is -2.39. The van der Waals surface area contributed by atoms with Gasteiger partial charge in [0.15, 0.2) is 0 Å². The Hall–Kier alpha value is -1.63. The fraction of sp³-hybridized carbons (Fsp3) is 0.615. The molecule has 1 N–H and O–H groups in total. The van der Waals surface area contributed by atoms with E-state index < -0.39 is 0 Å². The summed E-state index contributed by atoms with van der Waals surface area (Å²) in [6.45, 7) is 11.9. The SMILES string of the molecule is CC(C)(C)C(C)(C)CNc1cc(C#N)ncn1. The number of hydrogen-bond acceptors (Lipinski definition) is 4. The minimum atomic E-state index is 0.130. The summed E-state index contributed by atoms with van der Waals surface area (Å²) >= 11 is 0. The summed E-state index contributed by atoms with van der Waals surface area (Å²) in [5, 5.41) is 12.0. The first-order chi connectivity index (χ1) is 7.76. The highest BCUT2D eigenvalue weighted by molar-refractivity contribution is 5.38. The van der Waals surface area contributed by atoms with E-state index >= 15 is 0 Å². The molecule has 0 amide bonds. The zero-order valence-corrected chi connectivity index (χ0v) is 11.2. The summed E-state index contributed by atoms with van der Waals surface area (Å²) in [6, 6.07) is 3.67. The Kier molecular flexibility index (Phi) is 3.72. The standard InChI is InChI=1S/C13H20N4/c1-12(2,3)13(4,5)8-15-11-6-10(7-14)16-9-17-11/h6,9H,8H2,1-5H3,(H,15,16,17). The molecule has 1 heterocycles. The molecule has 0 spiro atoms. The molecule has 1 aromatic rings. The molecule has 1 aromatic heterocycles. The van der Waals surface area contributed by atoms with E-state index in [2.05, 4.69) is 49.9 Å². The molecule has 0 unspecified atom stereocenters. The van der Waals surface area contributed by atoms with Gasteiger partial charge in [-0.3, -0.25) is 0 Å². The van der Waals surface area contributed by atoms with Crippen molar-refractivity contribution in [3.05, 3.63) is 18.1 Å². The molecule has 4 nitrogen and oxygen atoms in total. The highest BCUT2D eigenvalue weighted by Crippen LogP contribution is 2.37. The van der Waals surface area contributed by atoms with Crippen molar-refractivity contribution < 1.29 is 0 Å². The second-order valence-electron chi connectivity index (χ2n) is 5.89. The van der Waals surface area contributed by atoms with Gasteiger partial charge in [-0.1, -0.05) is 34.6 Å². The predicted octanol–water partition coefficient (Wildman–Crippen LogP) is 2.83. The molecule has 0 fully saturated rings. The van der Waals surface area contributed by atoms with Gasteiger partial charge < -0.3 is 5.32 Å². The van der Waals surface area contributed by atoms with Crippen molar-refractivity contribution in [3.8, 4) is 6.07 Å². The maximum Gasteiger partial charge on any atom is 0.145 e. The Labute approximate surface area is 103 Å². The van der Waals surface area contributed by atoms with Crippen molar-refractivity contribution in [1.82, 2.24) is 9.97 Å². The summed E-state index contributed by atoms with van der Waals surface area (Å²) in [6.07, 6.45) is 1.41. The van der Waals surface area contributed by atoms with Crippen LogP contribution in [-0.4, -0.2) is 16.5 Å². The third-order valence-electron chi connectivity index (χ3n) is 3.52. The molecule has 0 aliphatic rings. The third kappa shape index (κ3) is 3.42. The second-order valence-corrected chi connectivity index (χ2v) is 5.89. The number of nitrogens with zero attached hydrogens (tertiary/aromatic N) is 3. The summed E-state index contributed by atoms with van der Waals surface area (Å²) < 4.78 is 0. The molecule has 0 aliphatic heterocycles. The summed E-state index contributed by atoms with van der Waals surface area (Å²) in [4.78, 5) is 7.94. The summed E-state index contributed by atoms with van der Waals surface area (Å²) in [5.74, 6) is 0.703. The largest absolute Gasteiger partial charge is 0.369 e.